The van der Waals surface area contributed by atoms with Gasteiger partial charge in [-0.25, -0.2) is 4.98 Å². The van der Waals surface area contributed by atoms with Gasteiger partial charge < -0.3 is 19.5 Å². The lowest BCUT2D eigenvalue weighted by atomic mass is 10.2. The standard InChI is InChI=1S/C26H27F3N4O5S/c1-16-30-20-13-19(3-5-23(20)39-16)37-15-18(34)14-31-8-10-32(11-9-31)21-12-17(33-24(35)6-7-25(33)36)2-4-22(21)38-26(27,28)29/h2-5,12-13,18,34H,6-11,14-15H2,1H3/t18-/m1/s1. The lowest BCUT2D eigenvalue weighted by molar-refractivity contribution is -0.274. The number of alkyl halides is 3. The quantitative estimate of drug-likeness (QED) is 0.414. The van der Waals surface area contributed by atoms with E-state index >= 15 is 0 Å². The molecule has 0 bridgehead atoms. The van der Waals surface area contributed by atoms with Crippen LogP contribution < -0.4 is 19.3 Å². The predicted molar refractivity (Wildman–Crippen MR) is 139 cm³/mol. The Hall–Kier alpha value is -3.42. The summed E-state index contributed by atoms with van der Waals surface area (Å²) in [7, 11) is 0. The third-order valence-electron chi connectivity index (χ3n) is 6.57. The van der Waals surface area contributed by atoms with Crippen molar-refractivity contribution in [1.29, 1.82) is 0 Å². The van der Waals surface area contributed by atoms with E-state index in [-0.39, 0.29) is 30.8 Å². The Morgan fingerprint density at radius 3 is 2.46 bits per heavy atom. The number of carbonyl (C=O) groups excluding carboxylic acids is 2. The molecule has 1 atom stereocenters. The highest BCUT2D eigenvalue weighted by Gasteiger charge is 2.35. The number of nitrogens with zero attached hydrogens (tertiary/aromatic N) is 4. The van der Waals surface area contributed by atoms with Gasteiger partial charge in [-0.05, 0) is 37.3 Å². The molecule has 1 aromatic heterocycles. The van der Waals surface area contributed by atoms with Gasteiger partial charge in [-0.1, -0.05) is 0 Å². The molecule has 2 aromatic carbocycles. The van der Waals surface area contributed by atoms with Crippen LogP contribution in [0, 0.1) is 6.92 Å². The molecule has 2 aliphatic heterocycles. The highest BCUT2D eigenvalue weighted by atomic mass is 32.1. The van der Waals surface area contributed by atoms with Crippen LogP contribution in [0.2, 0.25) is 0 Å². The number of imide groups is 1. The first-order chi connectivity index (χ1) is 18.6. The summed E-state index contributed by atoms with van der Waals surface area (Å²) < 4.78 is 50.3. The van der Waals surface area contributed by atoms with Crippen LogP contribution in [0.15, 0.2) is 36.4 Å². The van der Waals surface area contributed by atoms with Crippen molar-refractivity contribution in [1.82, 2.24) is 9.88 Å². The third kappa shape index (κ3) is 6.43. The van der Waals surface area contributed by atoms with E-state index in [1.165, 1.54) is 12.1 Å². The Labute approximate surface area is 226 Å². The molecule has 3 aromatic rings. The van der Waals surface area contributed by atoms with Gasteiger partial charge in [0.2, 0.25) is 11.8 Å². The van der Waals surface area contributed by atoms with E-state index in [9.17, 15) is 27.9 Å². The van der Waals surface area contributed by atoms with Crippen molar-refractivity contribution in [3.63, 3.8) is 0 Å². The first kappa shape index (κ1) is 27.2. The number of fused-ring (bicyclic) bond motifs is 1. The van der Waals surface area contributed by atoms with E-state index in [2.05, 4.69) is 9.72 Å². The molecule has 0 saturated carbocycles. The molecule has 2 aliphatic rings. The molecule has 0 radical (unpaired) electrons. The normalized spacial score (nSPS) is 17.8. The van der Waals surface area contributed by atoms with Crippen molar-refractivity contribution < 1.29 is 37.3 Å². The molecule has 2 amide bonds. The Kier molecular flexibility index (Phi) is 7.65. The highest BCUT2D eigenvalue weighted by molar-refractivity contribution is 7.18. The third-order valence-corrected chi connectivity index (χ3v) is 7.52. The van der Waals surface area contributed by atoms with Gasteiger partial charge in [0.15, 0.2) is 5.75 Å². The van der Waals surface area contributed by atoms with Crippen LogP contribution in [0.4, 0.5) is 24.5 Å². The van der Waals surface area contributed by atoms with Crippen LogP contribution >= 0.6 is 11.3 Å². The number of aliphatic hydroxyl groups excluding tert-OH is 1. The molecule has 9 nitrogen and oxygen atoms in total. The Bertz CT molecular complexity index is 1360. The van der Waals surface area contributed by atoms with Gasteiger partial charge in [-0.15, -0.1) is 24.5 Å². The van der Waals surface area contributed by atoms with Gasteiger partial charge in [0.25, 0.3) is 0 Å². The number of ether oxygens (including phenoxy) is 2. The van der Waals surface area contributed by atoms with Gasteiger partial charge in [-0.3, -0.25) is 19.4 Å². The smallest absolute Gasteiger partial charge is 0.491 e. The monoisotopic (exact) mass is 564 g/mol. The average Bonchev–Trinajstić information content (AvgIpc) is 3.42. The number of benzene rings is 2. The van der Waals surface area contributed by atoms with Gasteiger partial charge in [0.05, 0.1) is 26.6 Å². The summed E-state index contributed by atoms with van der Waals surface area (Å²) >= 11 is 1.60. The number of rotatable bonds is 8. The van der Waals surface area contributed by atoms with Gasteiger partial charge >= 0.3 is 6.36 Å². The fourth-order valence-corrected chi connectivity index (χ4v) is 5.60. The molecular formula is C26H27F3N4O5S. The zero-order valence-corrected chi connectivity index (χ0v) is 21.9. The van der Waals surface area contributed by atoms with E-state index in [1.54, 1.807) is 16.2 Å². The average molecular weight is 565 g/mol. The molecule has 0 unspecified atom stereocenters. The molecule has 2 saturated heterocycles. The molecule has 13 heteroatoms. The number of aromatic nitrogens is 1. The van der Waals surface area contributed by atoms with E-state index in [1.807, 2.05) is 30.0 Å². The van der Waals surface area contributed by atoms with Crippen LogP contribution in [0.3, 0.4) is 0 Å². The summed E-state index contributed by atoms with van der Waals surface area (Å²) in [6.07, 6.45) is -5.54. The summed E-state index contributed by atoms with van der Waals surface area (Å²) in [5, 5.41) is 11.5. The number of piperazine rings is 1. The fraction of sp³-hybridized carbons (Fsp3) is 0.423. The van der Waals surface area contributed by atoms with Crippen LogP contribution in [0.5, 0.6) is 11.5 Å². The molecule has 5 rings (SSSR count). The van der Waals surface area contributed by atoms with Gasteiger partial charge in [0.1, 0.15) is 18.5 Å². The summed E-state index contributed by atoms with van der Waals surface area (Å²) in [4.78, 5) is 33.5. The lowest BCUT2D eigenvalue weighted by Gasteiger charge is -2.37. The number of aliphatic hydroxyl groups is 1. The zero-order valence-electron chi connectivity index (χ0n) is 21.1. The number of halogens is 3. The van der Waals surface area contributed by atoms with E-state index < -0.39 is 30.0 Å². The fourth-order valence-electron chi connectivity index (χ4n) is 4.79. The second-order valence-electron chi connectivity index (χ2n) is 9.44. The number of carbonyl (C=O) groups is 2. The minimum atomic E-state index is -4.90. The van der Waals surface area contributed by atoms with Crippen LogP contribution in [-0.2, 0) is 9.59 Å². The SMILES string of the molecule is Cc1nc2cc(OC[C@H](O)CN3CCN(c4cc(N5C(=O)CCC5=O)ccc4OC(F)(F)F)CC3)ccc2s1. The maximum absolute atomic E-state index is 13.1. The Balaban J connectivity index is 1.20. The number of β-amino-alcohol motifs (C(OH)–C–C–N with tert-alkyl or cyclic N) is 1. The second-order valence-corrected chi connectivity index (χ2v) is 10.7. The van der Waals surface area contributed by atoms with Crippen molar-refractivity contribution in [3.05, 3.63) is 41.4 Å². The van der Waals surface area contributed by atoms with E-state index in [0.717, 1.165) is 26.2 Å². The number of thiazole rings is 1. The number of anilines is 2. The molecule has 3 heterocycles. The molecule has 0 spiro atoms. The Morgan fingerprint density at radius 1 is 1.05 bits per heavy atom. The number of amides is 2. The summed E-state index contributed by atoms with van der Waals surface area (Å²) in [6.45, 7) is 3.99. The summed E-state index contributed by atoms with van der Waals surface area (Å²) in [5.41, 5.74) is 1.21. The minimum absolute atomic E-state index is 0.0683. The largest absolute Gasteiger partial charge is 0.573 e. The highest BCUT2D eigenvalue weighted by Crippen LogP contribution is 2.38. The van der Waals surface area contributed by atoms with Crippen molar-refractivity contribution in [2.75, 3.05) is 49.1 Å². The van der Waals surface area contributed by atoms with Crippen molar-refractivity contribution >= 4 is 44.7 Å². The van der Waals surface area contributed by atoms with Crippen LogP contribution in [0.1, 0.15) is 17.8 Å². The second kappa shape index (κ2) is 11.0. The van der Waals surface area contributed by atoms with E-state index in [4.69, 9.17) is 4.74 Å². The molecular weight excluding hydrogens is 537 g/mol. The molecule has 1 N–H and O–H groups in total. The zero-order chi connectivity index (χ0) is 27.7. The van der Waals surface area contributed by atoms with Gasteiger partial charge in [-0.2, -0.15) is 0 Å². The van der Waals surface area contributed by atoms with Crippen LogP contribution in [-0.4, -0.2) is 78.6 Å². The van der Waals surface area contributed by atoms with Gasteiger partial charge in [0, 0.05) is 51.6 Å². The lowest BCUT2D eigenvalue weighted by Crippen LogP contribution is -2.49. The van der Waals surface area contributed by atoms with Crippen molar-refractivity contribution in [2.45, 2.75) is 32.2 Å². The topological polar surface area (TPSA) is 95.4 Å². The number of hydrogen-bond acceptors (Lipinski definition) is 9. The summed E-state index contributed by atoms with van der Waals surface area (Å²) in [5.74, 6) is -0.570. The minimum Gasteiger partial charge on any atom is -0.491 e. The summed E-state index contributed by atoms with van der Waals surface area (Å²) in [6, 6.07) is 9.41. The van der Waals surface area contributed by atoms with Crippen molar-refractivity contribution in [2.24, 2.45) is 0 Å². The molecule has 208 valence electrons. The van der Waals surface area contributed by atoms with Crippen molar-refractivity contribution in [3.8, 4) is 11.5 Å². The molecule has 0 aliphatic carbocycles. The molecule has 2 fully saturated rings. The maximum atomic E-state index is 13.1. The van der Waals surface area contributed by atoms with E-state index in [0.29, 0.717) is 38.5 Å². The van der Waals surface area contributed by atoms with Crippen LogP contribution in [0.25, 0.3) is 10.2 Å². The first-order valence-electron chi connectivity index (χ1n) is 12.5. The number of aryl methyl sites for hydroxylation is 1. The Morgan fingerprint density at radius 2 is 1.77 bits per heavy atom. The predicted octanol–water partition coefficient (Wildman–Crippen LogP) is 3.72. The maximum Gasteiger partial charge on any atom is 0.573 e. The number of hydrogen-bond donors (Lipinski definition) is 1. The first-order valence-corrected chi connectivity index (χ1v) is 13.3. The molecule has 39 heavy (non-hydrogen) atoms.